The number of amides is 1. The van der Waals surface area contributed by atoms with Crippen LogP contribution in [-0.4, -0.2) is 34.3 Å². The molecule has 0 fully saturated rings. The van der Waals surface area contributed by atoms with Gasteiger partial charge in [-0.1, -0.05) is 12.1 Å². The Kier molecular flexibility index (Phi) is 6.03. The summed E-state index contributed by atoms with van der Waals surface area (Å²) in [5.74, 6) is 1.10. The smallest absolute Gasteiger partial charge is 0.259 e. The van der Waals surface area contributed by atoms with Crippen LogP contribution < -0.4 is 24.8 Å². The van der Waals surface area contributed by atoms with Crippen molar-refractivity contribution in [2.75, 3.05) is 33.7 Å². The van der Waals surface area contributed by atoms with E-state index in [0.717, 1.165) is 12.1 Å². The average Bonchev–Trinajstić information content (AvgIpc) is 2.61. The molecule has 0 aliphatic heterocycles. The van der Waals surface area contributed by atoms with Crippen molar-refractivity contribution in [1.29, 1.82) is 0 Å². The fraction of sp³-hybridized carbons (Fsp3) is 0.278. The summed E-state index contributed by atoms with van der Waals surface area (Å²) >= 11 is 0. The first kappa shape index (κ1) is 17.6. The van der Waals surface area contributed by atoms with Crippen LogP contribution >= 0.6 is 0 Å². The van der Waals surface area contributed by atoms with Crippen LogP contribution in [0.4, 0.5) is 5.69 Å². The normalized spacial score (nSPS) is 10.2. The number of benzene rings is 2. The van der Waals surface area contributed by atoms with Gasteiger partial charge in [0.15, 0.2) is 11.5 Å². The van der Waals surface area contributed by atoms with Crippen molar-refractivity contribution in [3.8, 4) is 17.2 Å². The molecule has 0 aliphatic rings. The SMILES string of the molecule is CNCc1cccc(NC(=O)c2cc(OC)c(OC)cc2OC)c1. The van der Waals surface area contributed by atoms with Crippen molar-refractivity contribution < 1.29 is 19.0 Å². The van der Waals surface area contributed by atoms with Crippen molar-refractivity contribution >= 4 is 11.6 Å². The average molecular weight is 330 g/mol. The Morgan fingerprint density at radius 1 is 0.958 bits per heavy atom. The van der Waals surface area contributed by atoms with Gasteiger partial charge in [-0.05, 0) is 24.7 Å². The highest BCUT2D eigenvalue weighted by molar-refractivity contribution is 6.06. The Balaban J connectivity index is 2.30. The highest BCUT2D eigenvalue weighted by atomic mass is 16.5. The maximum absolute atomic E-state index is 12.6. The van der Waals surface area contributed by atoms with Crippen LogP contribution in [0.1, 0.15) is 15.9 Å². The fourth-order valence-corrected chi connectivity index (χ4v) is 2.37. The Morgan fingerprint density at radius 3 is 2.25 bits per heavy atom. The van der Waals surface area contributed by atoms with Crippen LogP contribution in [0.15, 0.2) is 36.4 Å². The van der Waals surface area contributed by atoms with E-state index in [1.807, 2.05) is 31.3 Å². The Bertz CT molecular complexity index is 716. The summed E-state index contributed by atoms with van der Waals surface area (Å²) in [6.07, 6.45) is 0. The van der Waals surface area contributed by atoms with Crippen molar-refractivity contribution in [2.45, 2.75) is 6.54 Å². The van der Waals surface area contributed by atoms with E-state index in [-0.39, 0.29) is 5.91 Å². The first-order valence-corrected chi connectivity index (χ1v) is 7.47. The summed E-state index contributed by atoms with van der Waals surface area (Å²) in [6, 6.07) is 10.9. The number of hydrogen-bond donors (Lipinski definition) is 2. The number of rotatable bonds is 7. The zero-order valence-electron chi connectivity index (χ0n) is 14.3. The predicted octanol–water partition coefficient (Wildman–Crippen LogP) is 2.68. The molecule has 2 N–H and O–H groups in total. The maximum Gasteiger partial charge on any atom is 0.259 e. The molecule has 2 rings (SSSR count). The highest BCUT2D eigenvalue weighted by Gasteiger charge is 2.18. The highest BCUT2D eigenvalue weighted by Crippen LogP contribution is 2.34. The van der Waals surface area contributed by atoms with E-state index in [4.69, 9.17) is 14.2 Å². The maximum atomic E-state index is 12.6. The molecule has 0 bridgehead atoms. The Labute approximate surface area is 141 Å². The molecule has 1 amide bonds. The van der Waals surface area contributed by atoms with E-state index in [9.17, 15) is 4.79 Å². The molecule has 2 aromatic rings. The van der Waals surface area contributed by atoms with Crippen LogP contribution in [0, 0.1) is 0 Å². The largest absolute Gasteiger partial charge is 0.496 e. The molecule has 0 radical (unpaired) electrons. The second-order valence-electron chi connectivity index (χ2n) is 5.09. The van der Waals surface area contributed by atoms with Crippen molar-refractivity contribution in [3.63, 3.8) is 0 Å². The molecule has 24 heavy (non-hydrogen) atoms. The van der Waals surface area contributed by atoms with Crippen molar-refractivity contribution in [3.05, 3.63) is 47.5 Å². The number of anilines is 1. The number of ether oxygens (including phenoxy) is 3. The molecule has 0 saturated heterocycles. The van der Waals surface area contributed by atoms with Crippen molar-refractivity contribution in [1.82, 2.24) is 5.32 Å². The molecule has 128 valence electrons. The van der Waals surface area contributed by atoms with E-state index in [2.05, 4.69) is 10.6 Å². The summed E-state index contributed by atoms with van der Waals surface area (Å²) in [6.45, 7) is 0.726. The summed E-state index contributed by atoms with van der Waals surface area (Å²) in [5, 5.41) is 5.96. The van der Waals surface area contributed by atoms with Gasteiger partial charge in [0.2, 0.25) is 0 Å². The van der Waals surface area contributed by atoms with Gasteiger partial charge in [0.05, 0.1) is 26.9 Å². The third-order valence-corrected chi connectivity index (χ3v) is 3.52. The molecule has 0 atom stereocenters. The standard InChI is InChI=1S/C18H22N2O4/c1-19-11-12-6-5-7-13(8-12)20-18(21)14-9-16(23-3)17(24-4)10-15(14)22-2/h5-10,19H,11H2,1-4H3,(H,20,21). The zero-order chi connectivity index (χ0) is 17.5. The van der Waals surface area contributed by atoms with E-state index in [0.29, 0.717) is 28.5 Å². The zero-order valence-corrected chi connectivity index (χ0v) is 14.3. The van der Waals surface area contributed by atoms with Crippen LogP contribution in [-0.2, 0) is 6.54 Å². The lowest BCUT2D eigenvalue weighted by molar-refractivity contribution is 0.102. The molecule has 6 heteroatoms. The number of methoxy groups -OCH3 is 3. The van der Waals surface area contributed by atoms with Crippen LogP contribution in [0.5, 0.6) is 17.2 Å². The number of carbonyl (C=O) groups excluding carboxylic acids is 1. The molecule has 0 aromatic heterocycles. The van der Waals surface area contributed by atoms with E-state index in [1.165, 1.54) is 21.3 Å². The van der Waals surface area contributed by atoms with Gasteiger partial charge in [-0.2, -0.15) is 0 Å². The molecule has 0 aliphatic carbocycles. The predicted molar refractivity (Wildman–Crippen MR) is 93.3 cm³/mol. The first-order chi connectivity index (χ1) is 11.6. The third-order valence-electron chi connectivity index (χ3n) is 3.52. The van der Waals surface area contributed by atoms with Gasteiger partial charge in [0.1, 0.15) is 5.75 Å². The van der Waals surface area contributed by atoms with Crippen LogP contribution in [0.3, 0.4) is 0 Å². The lowest BCUT2D eigenvalue weighted by Gasteiger charge is -2.14. The minimum Gasteiger partial charge on any atom is -0.496 e. The minimum absolute atomic E-state index is 0.283. The fourth-order valence-electron chi connectivity index (χ4n) is 2.37. The Hall–Kier alpha value is -2.73. The van der Waals surface area contributed by atoms with Gasteiger partial charge < -0.3 is 24.8 Å². The van der Waals surface area contributed by atoms with Gasteiger partial charge in [-0.3, -0.25) is 4.79 Å². The second-order valence-corrected chi connectivity index (χ2v) is 5.09. The molecule has 0 spiro atoms. The number of hydrogen-bond acceptors (Lipinski definition) is 5. The molecule has 2 aromatic carbocycles. The van der Waals surface area contributed by atoms with E-state index in [1.54, 1.807) is 12.1 Å². The molecule has 0 saturated carbocycles. The number of carbonyl (C=O) groups is 1. The lowest BCUT2D eigenvalue weighted by atomic mass is 10.1. The van der Waals surface area contributed by atoms with Gasteiger partial charge in [0.25, 0.3) is 5.91 Å². The molecular formula is C18H22N2O4. The van der Waals surface area contributed by atoms with Crippen LogP contribution in [0.25, 0.3) is 0 Å². The lowest BCUT2D eigenvalue weighted by Crippen LogP contribution is -2.14. The van der Waals surface area contributed by atoms with Crippen molar-refractivity contribution in [2.24, 2.45) is 0 Å². The van der Waals surface area contributed by atoms with E-state index < -0.39 is 0 Å². The summed E-state index contributed by atoms with van der Waals surface area (Å²) < 4.78 is 15.8. The van der Waals surface area contributed by atoms with E-state index >= 15 is 0 Å². The first-order valence-electron chi connectivity index (χ1n) is 7.47. The van der Waals surface area contributed by atoms with Gasteiger partial charge in [0, 0.05) is 24.4 Å². The van der Waals surface area contributed by atoms with Crippen LogP contribution in [0.2, 0.25) is 0 Å². The minimum atomic E-state index is -0.283. The molecule has 0 heterocycles. The van der Waals surface area contributed by atoms with Gasteiger partial charge >= 0.3 is 0 Å². The topological polar surface area (TPSA) is 68.8 Å². The Morgan fingerprint density at radius 2 is 1.62 bits per heavy atom. The molecule has 6 nitrogen and oxygen atoms in total. The summed E-state index contributed by atoms with van der Waals surface area (Å²) in [4.78, 5) is 12.6. The third kappa shape index (κ3) is 3.97. The quantitative estimate of drug-likeness (QED) is 0.817. The van der Waals surface area contributed by atoms with Gasteiger partial charge in [-0.15, -0.1) is 0 Å². The summed E-state index contributed by atoms with van der Waals surface area (Å²) in [5.41, 5.74) is 2.16. The molecular weight excluding hydrogens is 308 g/mol. The second kappa shape index (κ2) is 8.21. The van der Waals surface area contributed by atoms with Gasteiger partial charge in [-0.25, -0.2) is 0 Å². The summed E-state index contributed by atoms with van der Waals surface area (Å²) in [7, 11) is 6.43. The monoisotopic (exact) mass is 330 g/mol. The molecule has 0 unspecified atom stereocenters. The number of nitrogens with one attached hydrogen (secondary N) is 2.